The monoisotopic (exact) mass is 355 g/mol. The number of rotatable bonds is 7. The third-order valence-corrected chi connectivity index (χ3v) is 5.77. The Balaban J connectivity index is 1.90. The molecule has 0 saturated heterocycles. The number of aryl methyl sites for hydroxylation is 2. The second-order valence-corrected chi connectivity index (χ2v) is 8.43. The summed E-state index contributed by atoms with van der Waals surface area (Å²) < 4.78 is 27.1. The number of aromatic nitrogens is 2. The van der Waals surface area contributed by atoms with Crippen LogP contribution < -0.4 is 14.9 Å². The van der Waals surface area contributed by atoms with Crippen molar-refractivity contribution in [2.75, 3.05) is 37.4 Å². The van der Waals surface area contributed by atoms with Gasteiger partial charge in [-0.25, -0.2) is 18.1 Å². The Morgan fingerprint density at radius 3 is 2.61 bits per heavy atom. The van der Waals surface area contributed by atoms with E-state index in [2.05, 4.69) is 20.0 Å². The van der Waals surface area contributed by atoms with Crippen molar-refractivity contribution in [1.29, 1.82) is 0 Å². The molecule has 0 aliphatic rings. The van der Waals surface area contributed by atoms with Gasteiger partial charge in [-0.15, -0.1) is 11.3 Å². The predicted molar refractivity (Wildman–Crippen MR) is 93.8 cm³/mol. The average molecular weight is 355 g/mol. The summed E-state index contributed by atoms with van der Waals surface area (Å²) in [5.74, 6) is 1.26. The molecule has 0 amide bonds. The second-order valence-electron chi connectivity index (χ2n) is 5.23. The van der Waals surface area contributed by atoms with Gasteiger partial charge in [0.05, 0.1) is 4.90 Å². The van der Waals surface area contributed by atoms with Gasteiger partial charge in [0.2, 0.25) is 16.0 Å². The van der Waals surface area contributed by atoms with Gasteiger partial charge in [0.1, 0.15) is 5.82 Å². The summed E-state index contributed by atoms with van der Waals surface area (Å²) in [5, 5.41) is 3.01. The number of hydrogen-bond acceptors (Lipinski definition) is 7. The lowest BCUT2D eigenvalue weighted by molar-refractivity contribution is 0.582. The van der Waals surface area contributed by atoms with Crippen LogP contribution >= 0.6 is 11.3 Å². The fourth-order valence-corrected chi connectivity index (χ4v) is 4.58. The Labute approximate surface area is 140 Å². The van der Waals surface area contributed by atoms with Crippen LogP contribution in [0.2, 0.25) is 0 Å². The molecule has 0 aliphatic heterocycles. The molecule has 7 nitrogen and oxygen atoms in total. The third kappa shape index (κ3) is 4.63. The van der Waals surface area contributed by atoms with Crippen molar-refractivity contribution in [2.45, 2.75) is 18.7 Å². The molecule has 2 aromatic heterocycles. The van der Waals surface area contributed by atoms with Crippen LogP contribution in [0.1, 0.15) is 9.75 Å². The Morgan fingerprint density at radius 2 is 2.00 bits per heavy atom. The summed E-state index contributed by atoms with van der Waals surface area (Å²) in [4.78, 5) is 12.4. The van der Waals surface area contributed by atoms with Crippen LogP contribution in [0.4, 0.5) is 11.8 Å². The van der Waals surface area contributed by atoms with Crippen molar-refractivity contribution in [2.24, 2.45) is 0 Å². The van der Waals surface area contributed by atoms with Gasteiger partial charge in [-0.2, -0.15) is 4.98 Å². The first-order valence-electron chi connectivity index (χ1n) is 7.10. The molecule has 9 heteroatoms. The number of nitrogens with one attached hydrogen (secondary N) is 2. The molecule has 2 heterocycles. The fraction of sp³-hybridized carbons (Fsp3) is 0.429. The Kier molecular flexibility index (Phi) is 5.55. The standard InChI is InChI=1S/C14H21N5O2S2/c1-10-9-12(11(2)22-10)23(20,21)17-8-7-16-14-15-6-5-13(18-14)19(3)4/h5-6,9,17H,7-8H2,1-4H3,(H,15,16,18). The Bertz CT molecular complexity index is 771. The first kappa shape index (κ1) is 17.6. The van der Waals surface area contributed by atoms with Crippen LogP contribution in [0.15, 0.2) is 23.2 Å². The van der Waals surface area contributed by atoms with Gasteiger partial charge in [-0.3, -0.25) is 0 Å². The molecule has 2 rings (SSSR count). The third-order valence-electron chi connectivity index (χ3n) is 3.08. The minimum Gasteiger partial charge on any atom is -0.363 e. The molecule has 0 saturated carbocycles. The van der Waals surface area contributed by atoms with Crippen molar-refractivity contribution < 1.29 is 8.42 Å². The van der Waals surface area contributed by atoms with E-state index in [0.29, 0.717) is 17.4 Å². The van der Waals surface area contributed by atoms with E-state index >= 15 is 0 Å². The summed E-state index contributed by atoms with van der Waals surface area (Å²) >= 11 is 1.48. The zero-order chi connectivity index (χ0) is 17.0. The first-order chi connectivity index (χ1) is 10.8. The highest BCUT2D eigenvalue weighted by Gasteiger charge is 2.18. The summed E-state index contributed by atoms with van der Waals surface area (Å²) in [5.41, 5.74) is 0. The zero-order valence-electron chi connectivity index (χ0n) is 13.6. The lowest BCUT2D eigenvalue weighted by Crippen LogP contribution is -2.29. The lowest BCUT2D eigenvalue weighted by Gasteiger charge is -2.12. The molecular formula is C14H21N5O2S2. The van der Waals surface area contributed by atoms with Crippen molar-refractivity contribution >= 4 is 33.1 Å². The van der Waals surface area contributed by atoms with Crippen LogP contribution in [0.25, 0.3) is 0 Å². The molecular weight excluding hydrogens is 334 g/mol. The zero-order valence-corrected chi connectivity index (χ0v) is 15.3. The van der Waals surface area contributed by atoms with Crippen LogP contribution in [0.5, 0.6) is 0 Å². The summed E-state index contributed by atoms with van der Waals surface area (Å²) in [7, 11) is 0.314. The van der Waals surface area contributed by atoms with E-state index in [4.69, 9.17) is 0 Å². The van der Waals surface area contributed by atoms with Gasteiger partial charge in [0, 0.05) is 43.1 Å². The smallest absolute Gasteiger partial charge is 0.241 e. The van der Waals surface area contributed by atoms with E-state index in [1.807, 2.05) is 32.8 Å². The van der Waals surface area contributed by atoms with Gasteiger partial charge in [-0.1, -0.05) is 0 Å². The van der Waals surface area contributed by atoms with Crippen LogP contribution in [0.3, 0.4) is 0 Å². The summed E-state index contributed by atoms with van der Waals surface area (Å²) in [6, 6.07) is 3.50. The van der Waals surface area contributed by atoms with Crippen molar-refractivity contribution in [3.63, 3.8) is 0 Å². The van der Waals surface area contributed by atoms with Crippen molar-refractivity contribution in [3.05, 3.63) is 28.1 Å². The van der Waals surface area contributed by atoms with E-state index in [1.165, 1.54) is 11.3 Å². The molecule has 0 aliphatic carbocycles. The molecule has 126 valence electrons. The van der Waals surface area contributed by atoms with Crippen LogP contribution in [0, 0.1) is 13.8 Å². The number of sulfonamides is 1. The topological polar surface area (TPSA) is 87.2 Å². The highest BCUT2D eigenvalue weighted by Crippen LogP contribution is 2.24. The van der Waals surface area contributed by atoms with Crippen LogP contribution in [-0.4, -0.2) is 45.6 Å². The number of anilines is 2. The molecule has 0 fully saturated rings. The highest BCUT2D eigenvalue weighted by atomic mass is 32.2. The fourth-order valence-electron chi connectivity index (χ4n) is 2.00. The van der Waals surface area contributed by atoms with Gasteiger partial charge in [-0.05, 0) is 26.0 Å². The normalized spacial score (nSPS) is 11.5. The van der Waals surface area contributed by atoms with Crippen molar-refractivity contribution in [1.82, 2.24) is 14.7 Å². The molecule has 0 spiro atoms. The SMILES string of the molecule is Cc1cc(S(=O)(=O)NCCNc2nccc(N(C)C)n2)c(C)s1. The number of nitrogens with zero attached hydrogens (tertiary/aromatic N) is 3. The Morgan fingerprint density at radius 1 is 1.26 bits per heavy atom. The molecule has 0 aromatic carbocycles. The van der Waals surface area contributed by atoms with E-state index in [-0.39, 0.29) is 6.54 Å². The largest absolute Gasteiger partial charge is 0.363 e. The van der Waals surface area contributed by atoms with Gasteiger partial charge >= 0.3 is 0 Å². The Hall–Kier alpha value is -1.71. The van der Waals surface area contributed by atoms with Gasteiger partial charge in [0.15, 0.2) is 0 Å². The summed E-state index contributed by atoms with van der Waals surface area (Å²) in [6.45, 7) is 4.36. The predicted octanol–water partition coefficient (Wildman–Crippen LogP) is 1.61. The molecule has 0 unspecified atom stereocenters. The average Bonchev–Trinajstić information content (AvgIpc) is 2.83. The quantitative estimate of drug-likeness (QED) is 0.734. The van der Waals surface area contributed by atoms with E-state index in [0.717, 1.165) is 15.6 Å². The first-order valence-corrected chi connectivity index (χ1v) is 9.40. The molecule has 2 aromatic rings. The lowest BCUT2D eigenvalue weighted by atomic mass is 10.4. The molecule has 2 N–H and O–H groups in total. The maximum Gasteiger partial charge on any atom is 0.241 e. The van der Waals surface area contributed by atoms with Gasteiger partial charge in [0.25, 0.3) is 0 Å². The van der Waals surface area contributed by atoms with E-state index < -0.39 is 10.0 Å². The maximum atomic E-state index is 12.3. The molecule has 23 heavy (non-hydrogen) atoms. The molecule has 0 radical (unpaired) electrons. The van der Waals surface area contributed by atoms with Crippen molar-refractivity contribution in [3.8, 4) is 0 Å². The highest BCUT2D eigenvalue weighted by molar-refractivity contribution is 7.89. The summed E-state index contributed by atoms with van der Waals surface area (Å²) in [6.07, 6.45) is 1.66. The minimum atomic E-state index is -3.47. The molecule has 0 atom stereocenters. The number of thiophene rings is 1. The van der Waals surface area contributed by atoms with E-state index in [1.54, 1.807) is 18.3 Å². The van der Waals surface area contributed by atoms with E-state index in [9.17, 15) is 8.42 Å². The van der Waals surface area contributed by atoms with Gasteiger partial charge < -0.3 is 10.2 Å². The van der Waals surface area contributed by atoms with Crippen LogP contribution in [-0.2, 0) is 10.0 Å². The minimum absolute atomic E-state index is 0.256. The number of hydrogen-bond donors (Lipinski definition) is 2. The maximum absolute atomic E-state index is 12.3. The molecule has 0 bridgehead atoms. The second kappa shape index (κ2) is 7.24.